The van der Waals surface area contributed by atoms with Gasteiger partial charge in [0.2, 0.25) is 0 Å². The molecule has 0 amide bonds. The van der Waals surface area contributed by atoms with Crippen LogP contribution >= 0.6 is 19.6 Å². The van der Waals surface area contributed by atoms with Gasteiger partial charge in [-0.3, -0.25) is 22.9 Å². The maximum Gasteiger partial charge on any atom is 0.476 e. The minimum Gasteiger partial charge on any atom is -0.383 e. The Bertz CT molecular complexity index is 923. The van der Waals surface area contributed by atoms with Crippen molar-refractivity contribution in [3.8, 4) is 0 Å². The van der Waals surface area contributed by atoms with Crippen molar-refractivity contribution < 1.29 is 32.1 Å². The molecule has 3 rings (SSSR count). The highest BCUT2D eigenvalue weighted by Crippen LogP contribution is 2.61. The smallest absolute Gasteiger partial charge is 0.383 e. The van der Waals surface area contributed by atoms with Crippen LogP contribution in [0.5, 0.6) is 0 Å². The van der Waals surface area contributed by atoms with Crippen LogP contribution in [0.15, 0.2) is 17.1 Å². The van der Waals surface area contributed by atoms with Gasteiger partial charge >= 0.3 is 13.5 Å². The van der Waals surface area contributed by atoms with E-state index in [1.54, 1.807) is 27.7 Å². The Morgan fingerprint density at radius 3 is 2.83 bits per heavy atom. The first-order chi connectivity index (χ1) is 13.9. The number of fused-ring (bicyclic) bond motifs is 1. The zero-order valence-electron chi connectivity index (χ0n) is 17.1. The van der Waals surface area contributed by atoms with Gasteiger partial charge in [0.25, 0.3) is 0 Å². The van der Waals surface area contributed by atoms with Gasteiger partial charge in [-0.2, -0.15) is 4.98 Å². The minimum absolute atomic E-state index is 0.00735. The second kappa shape index (κ2) is 8.33. The van der Waals surface area contributed by atoms with E-state index < -0.39 is 43.0 Å². The fourth-order valence-electron chi connectivity index (χ4n) is 3.09. The van der Waals surface area contributed by atoms with E-state index in [-0.39, 0.29) is 29.9 Å². The summed E-state index contributed by atoms with van der Waals surface area (Å²) in [6.07, 6.45) is -2.97. The number of nitrogens with two attached hydrogens (primary N) is 1. The zero-order valence-corrected chi connectivity index (χ0v) is 18.8. The molecule has 5 atom stereocenters. The Morgan fingerprint density at radius 2 is 2.23 bits per heavy atom. The van der Waals surface area contributed by atoms with E-state index in [0.717, 1.165) is 16.3 Å². The van der Waals surface area contributed by atoms with Gasteiger partial charge in [0.1, 0.15) is 23.5 Å². The quantitative estimate of drug-likeness (QED) is 0.511. The van der Waals surface area contributed by atoms with Crippen LogP contribution in [0.1, 0.15) is 40.3 Å². The molecule has 2 saturated heterocycles. The summed E-state index contributed by atoms with van der Waals surface area (Å²) in [6, 6.07) is 1.34. The third kappa shape index (κ3) is 4.49. The molecule has 2 aliphatic rings. The lowest BCUT2D eigenvalue weighted by molar-refractivity contribution is -0.148. The molecule has 3 heterocycles. The molecule has 2 fully saturated rings. The number of nitrogens with zero attached hydrogens (tertiary/aromatic N) is 2. The minimum atomic E-state index is -4.14. The van der Waals surface area contributed by atoms with E-state index >= 15 is 4.39 Å². The molecule has 10 nitrogen and oxygen atoms in total. The van der Waals surface area contributed by atoms with Crippen LogP contribution < -0.4 is 11.4 Å². The van der Waals surface area contributed by atoms with Crippen LogP contribution in [0.25, 0.3) is 0 Å². The number of alkyl halides is 1. The van der Waals surface area contributed by atoms with E-state index in [4.69, 9.17) is 24.0 Å². The number of hydrogen-bond donors (Lipinski definition) is 1. The number of thioether (sulfide) groups is 1. The van der Waals surface area contributed by atoms with Crippen LogP contribution in [0.4, 0.5) is 10.2 Å². The Kier molecular flexibility index (Phi) is 6.48. The molecule has 168 valence electrons. The van der Waals surface area contributed by atoms with Crippen LogP contribution in [-0.4, -0.2) is 45.1 Å². The summed E-state index contributed by atoms with van der Waals surface area (Å²) < 4.78 is 50.9. The molecule has 30 heavy (non-hydrogen) atoms. The Hall–Kier alpha value is -1.30. The lowest BCUT2D eigenvalue weighted by atomic mass is 9.94. The fraction of sp³-hybridized carbons (Fsp3) is 0.706. The van der Waals surface area contributed by atoms with E-state index in [2.05, 4.69) is 4.98 Å². The van der Waals surface area contributed by atoms with Crippen molar-refractivity contribution in [2.75, 3.05) is 18.3 Å². The lowest BCUT2D eigenvalue weighted by Gasteiger charge is -2.39. The van der Waals surface area contributed by atoms with Gasteiger partial charge in [0, 0.05) is 11.6 Å². The number of anilines is 1. The highest BCUT2D eigenvalue weighted by molar-refractivity contribution is 8.13. The van der Waals surface area contributed by atoms with Crippen molar-refractivity contribution in [3.63, 3.8) is 0 Å². The van der Waals surface area contributed by atoms with Gasteiger partial charge < -0.3 is 10.5 Å². The molecule has 1 aromatic rings. The third-order valence-corrected chi connectivity index (χ3v) is 7.54. The first-order valence-electron chi connectivity index (χ1n) is 9.32. The predicted molar refractivity (Wildman–Crippen MR) is 107 cm³/mol. The van der Waals surface area contributed by atoms with Crippen LogP contribution in [0.2, 0.25) is 0 Å². The van der Waals surface area contributed by atoms with Gasteiger partial charge in [-0.1, -0.05) is 39.5 Å². The molecule has 0 bridgehead atoms. The highest BCUT2D eigenvalue weighted by Gasteiger charge is 2.62. The molecule has 3 unspecified atom stereocenters. The summed E-state index contributed by atoms with van der Waals surface area (Å²) in [5, 5.41) is -0.170. The second-order valence-electron chi connectivity index (χ2n) is 8.09. The third-order valence-electron chi connectivity index (χ3n) is 4.88. The summed E-state index contributed by atoms with van der Waals surface area (Å²) in [5.41, 5.74) is 2.82. The Labute approximate surface area is 177 Å². The van der Waals surface area contributed by atoms with Crippen molar-refractivity contribution in [2.24, 2.45) is 5.41 Å². The van der Waals surface area contributed by atoms with Gasteiger partial charge in [-0.25, -0.2) is 13.8 Å². The van der Waals surface area contributed by atoms with E-state index in [1.165, 1.54) is 12.3 Å². The number of hydrogen-bond acceptors (Lipinski definition) is 10. The van der Waals surface area contributed by atoms with Gasteiger partial charge in [0.05, 0.1) is 6.61 Å². The van der Waals surface area contributed by atoms with Crippen molar-refractivity contribution >= 4 is 30.5 Å². The maximum atomic E-state index is 15.3. The number of phosphoric acid groups is 1. The fourth-order valence-corrected chi connectivity index (χ4v) is 5.51. The molecule has 0 aromatic carbocycles. The number of ether oxygens (including phenoxy) is 1. The number of rotatable bonds is 5. The van der Waals surface area contributed by atoms with Gasteiger partial charge in [-0.15, -0.1) is 0 Å². The largest absolute Gasteiger partial charge is 0.476 e. The van der Waals surface area contributed by atoms with Crippen LogP contribution in [-0.2, 0) is 27.7 Å². The first kappa shape index (κ1) is 23.4. The maximum absolute atomic E-state index is 15.3. The molecule has 2 N–H and O–H groups in total. The molecular formula is C17H25FN3O7PS. The molecule has 0 saturated carbocycles. The zero-order chi connectivity index (χ0) is 22.3. The monoisotopic (exact) mass is 465 g/mol. The van der Waals surface area contributed by atoms with E-state index in [0.29, 0.717) is 0 Å². The number of phosphoric ester groups is 1. The topological polar surface area (TPSA) is 132 Å². The SMILES string of the molecule is CC[C@]12COP(=O)(OCSC(=O)C(C)(C)C)OC1C(F)[C@H](n1ccc(N)nc1=O)O2. The predicted octanol–water partition coefficient (Wildman–Crippen LogP) is 2.64. The van der Waals surface area contributed by atoms with Gasteiger partial charge in [-0.05, 0) is 12.5 Å². The summed E-state index contributed by atoms with van der Waals surface area (Å²) in [4.78, 5) is 27.7. The number of carbonyl (C=O) groups excluding carboxylic acids is 1. The Morgan fingerprint density at radius 1 is 1.53 bits per heavy atom. The molecular weight excluding hydrogens is 440 g/mol. The molecule has 1 aromatic heterocycles. The van der Waals surface area contributed by atoms with Crippen LogP contribution in [0.3, 0.4) is 0 Å². The average molecular weight is 465 g/mol. The first-order valence-corrected chi connectivity index (χ1v) is 11.8. The summed E-state index contributed by atoms with van der Waals surface area (Å²) in [7, 11) is -4.14. The second-order valence-corrected chi connectivity index (χ2v) is 10.6. The van der Waals surface area contributed by atoms with E-state index in [1.807, 2.05) is 0 Å². The van der Waals surface area contributed by atoms with Crippen molar-refractivity contribution in [3.05, 3.63) is 22.7 Å². The summed E-state index contributed by atoms with van der Waals surface area (Å²) >= 11 is 0.823. The highest BCUT2D eigenvalue weighted by atomic mass is 32.2. The van der Waals surface area contributed by atoms with Crippen molar-refractivity contribution in [1.29, 1.82) is 0 Å². The van der Waals surface area contributed by atoms with Crippen LogP contribution in [0, 0.1) is 5.41 Å². The van der Waals surface area contributed by atoms with Crippen molar-refractivity contribution in [1.82, 2.24) is 9.55 Å². The number of halogens is 1. The molecule has 2 aliphatic heterocycles. The van der Waals surface area contributed by atoms with E-state index in [9.17, 15) is 14.2 Å². The summed E-state index contributed by atoms with van der Waals surface area (Å²) in [5.74, 6) is -0.283. The molecule has 0 radical (unpaired) electrons. The Balaban J connectivity index is 1.75. The lowest BCUT2D eigenvalue weighted by Crippen LogP contribution is -2.49. The number of nitrogen functional groups attached to an aromatic ring is 1. The molecule has 0 spiro atoms. The molecule has 0 aliphatic carbocycles. The summed E-state index contributed by atoms with van der Waals surface area (Å²) in [6.45, 7) is 6.69. The normalized spacial score (nSPS) is 34.0. The average Bonchev–Trinajstić information content (AvgIpc) is 2.94. The molecule has 13 heteroatoms. The number of carbonyl (C=O) groups is 1. The van der Waals surface area contributed by atoms with Gasteiger partial charge in [0.15, 0.2) is 17.5 Å². The van der Waals surface area contributed by atoms with Crippen molar-refractivity contribution in [2.45, 2.75) is 58.2 Å². The standard InChI is InChI=1S/C17H25FN3O7PS/c1-5-17-8-25-29(24,26-9-30-14(22)16(2,3)4)28-12(17)11(18)13(27-17)21-7-6-10(19)20-15(21)23/h6-7,11-13H,5,8-9H2,1-4H3,(H2,19,20,23)/t11?,12?,13-,17+,29?/m1/s1. The number of aromatic nitrogens is 2.